The van der Waals surface area contributed by atoms with E-state index in [1.165, 1.54) is 0 Å². The van der Waals surface area contributed by atoms with E-state index < -0.39 is 23.9 Å². The van der Waals surface area contributed by atoms with E-state index in [-0.39, 0.29) is 22.5 Å². The zero-order valence-electron chi connectivity index (χ0n) is 18.4. The van der Waals surface area contributed by atoms with Gasteiger partial charge in [-0.25, -0.2) is 19.9 Å². The second-order valence-electron chi connectivity index (χ2n) is 7.97. The number of halogens is 4. The van der Waals surface area contributed by atoms with Gasteiger partial charge in [0.2, 0.25) is 5.88 Å². The van der Waals surface area contributed by atoms with Crippen molar-refractivity contribution in [2.45, 2.75) is 45.0 Å². The molecular formula is C23H21ClF3N5O2. The van der Waals surface area contributed by atoms with Crippen LogP contribution in [-0.4, -0.2) is 49.4 Å². The van der Waals surface area contributed by atoms with E-state index in [2.05, 4.69) is 19.9 Å². The maximum atomic E-state index is 13.6. The van der Waals surface area contributed by atoms with Crippen molar-refractivity contribution in [3.8, 4) is 17.3 Å². The number of rotatable bonds is 4. The summed E-state index contributed by atoms with van der Waals surface area (Å²) in [5, 5.41) is -0.241. The topological polar surface area (TPSA) is 81.1 Å². The normalized spacial score (nSPS) is 18.6. The average molecular weight is 492 g/mol. The minimum atomic E-state index is -4.56. The highest BCUT2D eigenvalue weighted by atomic mass is 35.5. The van der Waals surface area contributed by atoms with Crippen LogP contribution in [0.1, 0.15) is 41.5 Å². The van der Waals surface area contributed by atoms with E-state index in [1.54, 1.807) is 42.4 Å². The number of nitrogens with zero attached hydrogens (tertiary/aromatic N) is 5. The molecule has 2 atom stereocenters. The van der Waals surface area contributed by atoms with Gasteiger partial charge in [0.25, 0.3) is 5.91 Å². The molecule has 0 unspecified atom stereocenters. The predicted octanol–water partition coefficient (Wildman–Crippen LogP) is 4.99. The lowest BCUT2D eigenvalue weighted by molar-refractivity contribution is -0.137. The molecule has 178 valence electrons. The van der Waals surface area contributed by atoms with Gasteiger partial charge in [0, 0.05) is 30.8 Å². The number of carbonyl (C=O) groups excluding carboxylic acids is 1. The van der Waals surface area contributed by atoms with Crippen molar-refractivity contribution in [1.29, 1.82) is 0 Å². The van der Waals surface area contributed by atoms with Crippen LogP contribution in [-0.2, 0) is 6.18 Å². The summed E-state index contributed by atoms with van der Waals surface area (Å²) < 4.78 is 44.6. The molecule has 0 aromatic carbocycles. The SMILES string of the molecule is Cc1ccc(-c2ncccn2)c(C(=O)N2CCC[C@@H](Oc3ncc(C(F)(F)F)cc3Cl)[C@@H]2C)n1. The lowest BCUT2D eigenvalue weighted by Gasteiger charge is -2.39. The molecule has 0 radical (unpaired) electrons. The van der Waals surface area contributed by atoms with E-state index in [1.807, 2.05) is 6.92 Å². The number of pyridine rings is 2. The second kappa shape index (κ2) is 9.54. The Balaban J connectivity index is 1.58. The number of amides is 1. The van der Waals surface area contributed by atoms with Gasteiger partial charge >= 0.3 is 6.18 Å². The first-order valence-corrected chi connectivity index (χ1v) is 11.0. The van der Waals surface area contributed by atoms with Crippen LogP contribution < -0.4 is 4.74 Å². The Labute approximate surface area is 199 Å². The van der Waals surface area contributed by atoms with Crippen LogP contribution >= 0.6 is 11.6 Å². The molecule has 3 aromatic heterocycles. The zero-order chi connectivity index (χ0) is 24.5. The Morgan fingerprint density at radius 3 is 2.62 bits per heavy atom. The van der Waals surface area contributed by atoms with Gasteiger partial charge in [0.1, 0.15) is 16.8 Å². The summed E-state index contributed by atoms with van der Waals surface area (Å²) in [7, 11) is 0. The zero-order valence-corrected chi connectivity index (χ0v) is 19.1. The summed E-state index contributed by atoms with van der Waals surface area (Å²) >= 11 is 6.01. The number of hydrogen-bond acceptors (Lipinski definition) is 6. The van der Waals surface area contributed by atoms with Crippen molar-refractivity contribution in [3.63, 3.8) is 0 Å². The molecule has 4 rings (SSSR count). The number of aromatic nitrogens is 4. The van der Waals surface area contributed by atoms with Crippen molar-refractivity contribution in [3.05, 3.63) is 64.8 Å². The number of alkyl halides is 3. The van der Waals surface area contributed by atoms with E-state index in [0.717, 1.165) is 6.07 Å². The first-order chi connectivity index (χ1) is 16.1. The molecule has 1 saturated heterocycles. The Morgan fingerprint density at radius 2 is 1.94 bits per heavy atom. The lowest BCUT2D eigenvalue weighted by Crippen LogP contribution is -2.51. The Kier molecular flexibility index (Phi) is 6.70. The van der Waals surface area contributed by atoms with Crippen LogP contribution in [0.4, 0.5) is 13.2 Å². The van der Waals surface area contributed by atoms with Gasteiger partial charge in [-0.1, -0.05) is 11.6 Å². The molecule has 0 bridgehead atoms. The largest absolute Gasteiger partial charge is 0.471 e. The van der Waals surface area contributed by atoms with E-state index >= 15 is 0 Å². The van der Waals surface area contributed by atoms with Gasteiger partial charge in [0.15, 0.2) is 5.82 Å². The molecular weight excluding hydrogens is 471 g/mol. The first-order valence-electron chi connectivity index (χ1n) is 10.6. The Bertz CT molecular complexity index is 1190. The Morgan fingerprint density at radius 1 is 1.21 bits per heavy atom. The van der Waals surface area contributed by atoms with Crippen LogP contribution in [0.25, 0.3) is 11.4 Å². The summed E-state index contributed by atoms with van der Waals surface area (Å²) in [6, 6.07) is 5.60. The monoisotopic (exact) mass is 491 g/mol. The van der Waals surface area contributed by atoms with Crippen LogP contribution in [0.3, 0.4) is 0 Å². The summed E-state index contributed by atoms with van der Waals surface area (Å²) in [6.07, 6.45) is -0.00426. The van der Waals surface area contributed by atoms with Crippen molar-refractivity contribution < 1.29 is 22.7 Å². The molecule has 34 heavy (non-hydrogen) atoms. The first kappa shape index (κ1) is 23.9. The molecule has 1 amide bonds. The number of likely N-dealkylation sites (tertiary alicyclic amines) is 1. The van der Waals surface area contributed by atoms with Crippen molar-refractivity contribution in [1.82, 2.24) is 24.8 Å². The number of ether oxygens (including phenoxy) is 1. The highest BCUT2D eigenvalue weighted by Crippen LogP contribution is 2.34. The van der Waals surface area contributed by atoms with Crippen molar-refractivity contribution in [2.75, 3.05) is 6.54 Å². The molecule has 1 fully saturated rings. The van der Waals surface area contributed by atoms with Gasteiger partial charge in [-0.15, -0.1) is 0 Å². The van der Waals surface area contributed by atoms with E-state index in [0.29, 0.717) is 42.7 Å². The fourth-order valence-corrected chi connectivity index (χ4v) is 4.05. The smallest absolute Gasteiger partial charge is 0.417 e. The summed E-state index contributed by atoms with van der Waals surface area (Å²) in [5.41, 5.74) is 0.448. The maximum Gasteiger partial charge on any atom is 0.417 e. The highest BCUT2D eigenvalue weighted by Gasteiger charge is 2.36. The summed E-state index contributed by atoms with van der Waals surface area (Å²) in [6.45, 7) is 4.07. The third-order valence-electron chi connectivity index (χ3n) is 5.62. The van der Waals surface area contributed by atoms with Gasteiger partial charge in [-0.3, -0.25) is 4.79 Å². The van der Waals surface area contributed by atoms with Gasteiger partial charge in [-0.05, 0) is 51.0 Å². The van der Waals surface area contributed by atoms with Crippen molar-refractivity contribution >= 4 is 17.5 Å². The molecule has 7 nitrogen and oxygen atoms in total. The molecule has 0 aliphatic carbocycles. The average Bonchev–Trinajstić information content (AvgIpc) is 2.81. The lowest BCUT2D eigenvalue weighted by atomic mass is 9.98. The fourth-order valence-electron chi connectivity index (χ4n) is 3.84. The highest BCUT2D eigenvalue weighted by molar-refractivity contribution is 6.31. The molecule has 1 aliphatic heterocycles. The number of piperidine rings is 1. The molecule has 1 aliphatic rings. The third kappa shape index (κ3) is 4.96. The van der Waals surface area contributed by atoms with E-state index in [4.69, 9.17) is 16.3 Å². The van der Waals surface area contributed by atoms with Crippen LogP contribution in [0.5, 0.6) is 5.88 Å². The molecule has 0 spiro atoms. The second-order valence-corrected chi connectivity index (χ2v) is 8.37. The maximum absolute atomic E-state index is 13.6. The number of hydrogen-bond donors (Lipinski definition) is 0. The predicted molar refractivity (Wildman–Crippen MR) is 118 cm³/mol. The van der Waals surface area contributed by atoms with Crippen LogP contribution in [0.2, 0.25) is 5.02 Å². The van der Waals surface area contributed by atoms with Gasteiger partial charge in [0.05, 0.1) is 17.2 Å². The third-order valence-corrected chi connectivity index (χ3v) is 5.89. The van der Waals surface area contributed by atoms with Crippen LogP contribution in [0.15, 0.2) is 42.9 Å². The van der Waals surface area contributed by atoms with Gasteiger partial charge < -0.3 is 9.64 Å². The molecule has 4 heterocycles. The summed E-state index contributed by atoms with van der Waals surface area (Å²) in [5.74, 6) is -0.0251. The minimum Gasteiger partial charge on any atom is -0.471 e. The quantitative estimate of drug-likeness (QED) is 0.511. The molecule has 0 saturated carbocycles. The van der Waals surface area contributed by atoms with Gasteiger partial charge in [-0.2, -0.15) is 13.2 Å². The fraction of sp³-hybridized carbons (Fsp3) is 0.348. The van der Waals surface area contributed by atoms with Crippen LogP contribution in [0, 0.1) is 6.92 Å². The number of aryl methyl sites for hydroxylation is 1. The standard InChI is InChI=1S/C23H21ClF3N5O2/c1-13-6-7-16(20-28-8-4-9-29-20)19(31-13)22(33)32-10-3-5-18(14(32)2)34-21-17(24)11-15(12-30-21)23(25,26)27/h4,6-9,11-12,14,18H,3,5,10H2,1-2H3/t14-,18+/m0/s1. The minimum absolute atomic E-state index is 0.104. The molecule has 11 heteroatoms. The van der Waals surface area contributed by atoms with Crippen molar-refractivity contribution in [2.24, 2.45) is 0 Å². The Hall–Kier alpha value is -3.27. The number of carbonyl (C=O) groups is 1. The molecule has 3 aromatic rings. The molecule has 0 N–H and O–H groups in total. The summed E-state index contributed by atoms with van der Waals surface area (Å²) in [4.78, 5) is 31.9. The van der Waals surface area contributed by atoms with E-state index in [9.17, 15) is 18.0 Å².